The Morgan fingerprint density at radius 3 is 2.42 bits per heavy atom. The second kappa shape index (κ2) is 10.8. The van der Waals surface area contributed by atoms with Gasteiger partial charge in [0, 0.05) is 31.8 Å². The lowest BCUT2D eigenvalue weighted by atomic mass is 9.78. The van der Waals surface area contributed by atoms with E-state index in [9.17, 15) is 9.59 Å². The zero-order valence-corrected chi connectivity index (χ0v) is 23.0. The molecule has 0 fully saturated rings. The summed E-state index contributed by atoms with van der Waals surface area (Å²) in [6, 6.07) is 22.1. The molecule has 38 heavy (non-hydrogen) atoms. The van der Waals surface area contributed by atoms with Crippen molar-refractivity contribution in [3.05, 3.63) is 77.9 Å². The lowest BCUT2D eigenvalue weighted by Crippen LogP contribution is -2.59. The molecule has 0 aliphatic heterocycles. The van der Waals surface area contributed by atoms with Gasteiger partial charge in [-0.1, -0.05) is 36.4 Å². The van der Waals surface area contributed by atoms with Crippen molar-refractivity contribution in [2.75, 3.05) is 26.1 Å². The maximum absolute atomic E-state index is 12.9. The Hall–Kier alpha value is -4.00. The molecule has 1 aliphatic carbocycles. The SMILES string of the molecule is COC(=O)C1(NC(=O)OC(C)(C)C)CCc2ccc(Oc3ccccc3-c3cccc(N(C)C)c3)cc2C1. The Morgan fingerprint density at radius 2 is 1.71 bits per heavy atom. The smallest absolute Gasteiger partial charge is 0.408 e. The Balaban J connectivity index is 1.62. The third-order valence-corrected chi connectivity index (χ3v) is 6.60. The number of para-hydroxylation sites is 1. The maximum atomic E-state index is 12.9. The number of benzene rings is 3. The number of nitrogens with zero attached hydrogens (tertiary/aromatic N) is 1. The van der Waals surface area contributed by atoms with E-state index in [-0.39, 0.29) is 6.42 Å². The minimum absolute atomic E-state index is 0.276. The number of rotatable bonds is 6. The summed E-state index contributed by atoms with van der Waals surface area (Å²) in [7, 11) is 5.36. The van der Waals surface area contributed by atoms with Crippen LogP contribution < -0.4 is 15.0 Å². The van der Waals surface area contributed by atoms with Crippen LogP contribution in [0.4, 0.5) is 10.5 Å². The van der Waals surface area contributed by atoms with Gasteiger partial charge in [-0.2, -0.15) is 0 Å². The molecule has 1 atom stereocenters. The summed E-state index contributed by atoms with van der Waals surface area (Å²) in [6.45, 7) is 5.35. The average Bonchev–Trinajstić information content (AvgIpc) is 2.87. The van der Waals surface area contributed by atoms with Crippen LogP contribution in [0.3, 0.4) is 0 Å². The highest BCUT2D eigenvalue weighted by Gasteiger charge is 2.45. The van der Waals surface area contributed by atoms with Crippen molar-refractivity contribution >= 4 is 17.7 Å². The standard InChI is InChI=1S/C31H36N2O5/c1-30(2,3)38-29(35)32-31(28(34)36-6)17-16-21-14-15-25(19-23(21)20-31)37-27-13-8-7-12-26(27)22-10-9-11-24(18-22)33(4)5/h7-15,18-19H,16-17,20H2,1-6H3,(H,32,35). The van der Waals surface area contributed by atoms with E-state index in [4.69, 9.17) is 14.2 Å². The number of amides is 1. The molecule has 0 radical (unpaired) electrons. The molecular formula is C31H36N2O5. The minimum Gasteiger partial charge on any atom is -0.467 e. The van der Waals surface area contributed by atoms with Crippen molar-refractivity contribution in [2.24, 2.45) is 0 Å². The van der Waals surface area contributed by atoms with Gasteiger partial charge in [0.15, 0.2) is 0 Å². The van der Waals surface area contributed by atoms with E-state index in [1.807, 2.05) is 62.6 Å². The topological polar surface area (TPSA) is 77.1 Å². The maximum Gasteiger partial charge on any atom is 0.408 e. The minimum atomic E-state index is -1.22. The molecule has 4 rings (SSSR count). The lowest BCUT2D eigenvalue weighted by molar-refractivity contribution is -0.149. The number of alkyl carbamates (subject to hydrolysis) is 1. The first-order valence-corrected chi connectivity index (χ1v) is 12.8. The number of carbonyl (C=O) groups is 2. The van der Waals surface area contributed by atoms with E-state index in [1.165, 1.54) is 7.11 Å². The van der Waals surface area contributed by atoms with Gasteiger partial charge in [-0.25, -0.2) is 9.59 Å². The summed E-state index contributed by atoms with van der Waals surface area (Å²) in [4.78, 5) is 27.6. The molecule has 0 aromatic heterocycles. The summed E-state index contributed by atoms with van der Waals surface area (Å²) in [5.74, 6) is 0.884. The van der Waals surface area contributed by atoms with E-state index < -0.39 is 23.2 Å². The Kier molecular flexibility index (Phi) is 7.67. The van der Waals surface area contributed by atoms with Crippen LogP contribution in [0.15, 0.2) is 66.7 Å². The number of nitrogens with one attached hydrogen (secondary N) is 1. The first-order valence-electron chi connectivity index (χ1n) is 12.8. The highest BCUT2D eigenvalue weighted by molar-refractivity contribution is 5.86. The molecule has 0 heterocycles. The van der Waals surface area contributed by atoms with Gasteiger partial charge in [0.2, 0.25) is 0 Å². The van der Waals surface area contributed by atoms with Gasteiger partial charge >= 0.3 is 12.1 Å². The Labute approximate surface area is 224 Å². The van der Waals surface area contributed by atoms with Crippen LogP contribution in [0.1, 0.15) is 38.3 Å². The predicted molar refractivity (Wildman–Crippen MR) is 149 cm³/mol. The number of hydrogen-bond donors (Lipinski definition) is 1. The molecular weight excluding hydrogens is 480 g/mol. The third-order valence-electron chi connectivity index (χ3n) is 6.60. The first-order chi connectivity index (χ1) is 18.0. The second-order valence-corrected chi connectivity index (χ2v) is 10.9. The Morgan fingerprint density at radius 1 is 0.947 bits per heavy atom. The van der Waals surface area contributed by atoms with Crippen LogP contribution >= 0.6 is 0 Å². The third kappa shape index (κ3) is 6.10. The molecule has 1 unspecified atom stereocenters. The highest BCUT2D eigenvalue weighted by Crippen LogP contribution is 2.37. The molecule has 1 N–H and O–H groups in total. The van der Waals surface area contributed by atoms with Crippen molar-refractivity contribution < 1.29 is 23.8 Å². The quantitative estimate of drug-likeness (QED) is 0.397. The number of esters is 1. The number of carbonyl (C=O) groups excluding carboxylic acids is 2. The van der Waals surface area contributed by atoms with Crippen LogP contribution in [0.2, 0.25) is 0 Å². The van der Waals surface area contributed by atoms with E-state index in [0.29, 0.717) is 18.6 Å². The Bertz CT molecular complexity index is 1330. The summed E-state index contributed by atoms with van der Waals surface area (Å²) in [5.41, 5.74) is 3.25. The molecule has 3 aromatic carbocycles. The van der Waals surface area contributed by atoms with Gasteiger partial charge in [0.05, 0.1) is 7.11 Å². The van der Waals surface area contributed by atoms with Crippen molar-refractivity contribution in [2.45, 2.75) is 51.2 Å². The van der Waals surface area contributed by atoms with Gasteiger partial charge in [0.1, 0.15) is 22.6 Å². The summed E-state index contributed by atoms with van der Waals surface area (Å²) >= 11 is 0. The molecule has 0 bridgehead atoms. The van der Waals surface area contributed by atoms with Gasteiger partial charge in [-0.15, -0.1) is 0 Å². The fourth-order valence-electron chi connectivity index (χ4n) is 4.73. The van der Waals surface area contributed by atoms with Crippen molar-refractivity contribution in [1.82, 2.24) is 5.32 Å². The summed E-state index contributed by atoms with van der Waals surface area (Å²) < 4.78 is 16.9. The van der Waals surface area contributed by atoms with Crippen LogP contribution in [-0.2, 0) is 27.1 Å². The number of fused-ring (bicyclic) bond motifs is 1. The molecule has 0 saturated carbocycles. The summed E-state index contributed by atoms with van der Waals surface area (Å²) in [6.07, 6.45) is 0.650. The summed E-state index contributed by atoms with van der Waals surface area (Å²) in [5, 5.41) is 2.81. The zero-order valence-electron chi connectivity index (χ0n) is 23.0. The molecule has 1 aliphatic rings. The zero-order chi connectivity index (χ0) is 27.5. The van der Waals surface area contributed by atoms with Crippen molar-refractivity contribution in [3.63, 3.8) is 0 Å². The highest BCUT2D eigenvalue weighted by atomic mass is 16.6. The largest absolute Gasteiger partial charge is 0.467 e. The molecule has 7 nitrogen and oxygen atoms in total. The van der Waals surface area contributed by atoms with Crippen molar-refractivity contribution in [1.29, 1.82) is 0 Å². The molecule has 3 aromatic rings. The van der Waals surface area contributed by atoms with Gasteiger partial charge in [-0.05, 0) is 80.6 Å². The molecule has 0 spiro atoms. The van der Waals surface area contributed by atoms with Gasteiger partial charge < -0.3 is 24.4 Å². The molecule has 200 valence electrons. The first kappa shape index (κ1) is 27.0. The van der Waals surface area contributed by atoms with Crippen molar-refractivity contribution in [3.8, 4) is 22.6 Å². The predicted octanol–water partition coefficient (Wildman–Crippen LogP) is 6.14. The van der Waals surface area contributed by atoms with Crippen LogP contribution in [0, 0.1) is 0 Å². The number of hydrogen-bond acceptors (Lipinski definition) is 6. The van der Waals surface area contributed by atoms with Crippen LogP contribution in [-0.4, -0.2) is 44.4 Å². The number of ether oxygens (including phenoxy) is 3. The van der Waals surface area contributed by atoms with E-state index in [0.717, 1.165) is 33.7 Å². The van der Waals surface area contributed by atoms with Crippen LogP contribution in [0.25, 0.3) is 11.1 Å². The molecule has 7 heteroatoms. The number of anilines is 1. The molecule has 1 amide bonds. The van der Waals surface area contributed by atoms with Crippen LogP contribution in [0.5, 0.6) is 11.5 Å². The normalized spacial score (nSPS) is 16.7. The van der Waals surface area contributed by atoms with E-state index >= 15 is 0 Å². The second-order valence-electron chi connectivity index (χ2n) is 10.9. The fourth-order valence-corrected chi connectivity index (χ4v) is 4.73. The van der Waals surface area contributed by atoms with Gasteiger partial charge in [0.25, 0.3) is 0 Å². The number of methoxy groups -OCH3 is 1. The monoisotopic (exact) mass is 516 g/mol. The molecule has 0 saturated heterocycles. The van der Waals surface area contributed by atoms with E-state index in [1.54, 1.807) is 20.8 Å². The van der Waals surface area contributed by atoms with Gasteiger partial charge in [-0.3, -0.25) is 0 Å². The number of aryl methyl sites for hydroxylation is 1. The lowest BCUT2D eigenvalue weighted by Gasteiger charge is -2.36. The average molecular weight is 517 g/mol. The fraction of sp³-hybridized carbons (Fsp3) is 0.355. The van der Waals surface area contributed by atoms with E-state index in [2.05, 4.69) is 28.4 Å².